The molecule has 0 atom stereocenters. The topological polar surface area (TPSA) is 76.1 Å². The molecule has 1 fully saturated rings. The van der Waals surface area contributed by atoms with Crippen LogP contribution in [0.25, 0.3) is 10.6 Å². The molecular weight excluding hydrogens is 408 g/mol. The van der Waals surface area contributed by atoms with Crippen LogP contribution in [0.2, 0.25) is 5.02 Å². The molecule has 1 heterocycles. The number of benzene rings is 1. The van der Waals surface area contributed by atoms with Gasteiger partial charge in [-0.1, -0.05) is 43.0 Å². The third kappa shape index (κ3) is 5.21. The molecule has 0 radical (unpaired) electrons. The molecule has 0 aliphatic heterocycles. The number of carbonyl (C=O) groups is 2. The van der Waals surface area contributed by atoms with Crippen LogP contribution < -0.4 is 5.32 Å². The van der Waals surface area contributed by atoms with Crippen LogP contribution in [-0.4, -0.2) is 29.2 Å². The number of hydrogen-bond donors (Lipinski definition) is 1. The number of nitrogens with zero attached hydrogens (tertiary/aromatic N) is 1. The van der Waals surface area contributed by atoms with Crippen LogP contribution in [0.5, 0.6) is 0 Å². The van der Waals surface area contributed by atoms with Crippen molar-refractivity contribution in [3.63, 3.8) is 0 Å². The summed E-state index contributed by atoms with van der Waals surface area (Å²) in [5.41, 5.74) is 1.01. The molecule has 3 rings (SSSR count). The Bertz CT molecular complexity index is 939. The molecule has 1 aliphatic carbocycles. The van der Waals surface area contributed by atoms with E-state index in [-0.39, 0.29) is 24.7 Å². The van der Waals surface area contributed by atoms with Gasteiger partial charge in [-0.25, -0.2) is 9.78 Å². The summed E-state index contributed by atoms with van der Waals surface area (Å²) in [7, 11) is 0. The zero-order valence-electron chi connectivity index (χ0n) is 16.3. The number of aromatic nitrogens is 1. The van der Waals surface area contributed by atoms with Gasteiger partial charge in [0.1, 0.15) is 10.9 Å². The minimum Gasteiger partial charge on any atom is -0.355 e. The highest BCUT2D eigenvalue weighted by molar-refractivity contribution is 7.15. The lowest BCUT2D eigenvalue weighted by Gasteiger charge is -2.34. The van der Waals surface area contributed by atoms with Crippen molar-refractivity contribution in [2.75, 3.05) is 6.54 Å². The Morgan fingerprint density at radius 1 is 1.24 bits per heavy atom. The van der Waals surface area contributed by atoms with Gasteiger partial charge in [-0.05, 0) is 31.9 Å². The maximum absolute atomic E-state index is 12.6. The van der Waals surface area contributed by atoms with E-state index in [1.165, 1.54) is 11.3 Å². The van der Waals surface area contributed by atoms with Crippen LogP contribution >= 0.6 is 22.9 Å². The number of rotatable bonds is 7. The van der Waals surface area contributed by atoms with Gasteiger partial charge >= 0.3 is 0 Å². The van der Waals surface area contributed by atoms with Gasteiger partial charge in [0.2, 0.25) is 5.91 Å². The molecule has 0 bridgehead atoms. The number of carbonyl (C=O) groups excluding carboxylic acids is 3. The smallest absolute Gasteiger partial charge is 0.226 e. The zero-order chi connectivity index (χ0) is 20.9. The van der Waals surface area contributed by atoms with Crippen molar-refractivity contribution in [2.45, 2.75) is 45.4 Å². The summed E-state index contributed by atoms with van der Waals surface area (Å²) in [6, 6.07) is 7.44. The largest absolute Gasteiger partial charge is 0.355 e. The van der Waals surface area contributed by atoms with Gasteiger partial charge in [0.15, 0.2) is 5.78 Å². The maximum Gasteiger partial charge on any atom is 0.226 e. The number of allylic oxidation sites excluding steroid dienone is 1. The number of nitrogens with one attached hydrogen (secondary N) is 1. The Balaban J connectivity index is 1.66. The van der Waals surface area contributed by atoms with Gasteiger partial charge in [-0.2, -0.15) is 0 Å². The molecule has 29 heavy (non-hydrogen) atoms. The van der Waals surface area contributed by atoms with E-state index in [0.29, 0.717) is 17.9 Å². The summed E-state index contributed by atoms with van der Waals surface area (Å²) in [6.07, 6.45) is 5.40. The molecule has 1 saturated carbocycles. The molecule has 0 unspecified atom stereocenters. The van der Waals surface area contributed by atoms with E-state index in [2.05, 4.69) is 10.3 Å². The predicted octanol–water partition coefficient (Wildman–Crippen LogP) is 4.34. The summed E-state index contributed by atoms with van der Waals surface area (Å²) in [4.78, 5) is 41.2. The van der Waals surface area contributed by atoms with E-state index >= 15 is 0 Å². The van der Waals surface area contributed by atoms with Crippen molar-refractivity contribution in [1.82, 2.24) is 10.3 Å². The first kappa shape index (κ1) is 21.4. The van der Waals surface area contributed by atoms with Crippen molar-refractivity contribution in [3.05, 3.63) is 45.9 Å². The molecule has 0 spiro atoms. The second-order valence-electron chi connectivity index (χ2n) is 7.45. The summed E-state index contributed by atoms with van der Waals surface area (Å²) in [5, 5.41) is 4.41. The first-order chi connectivity index (χ1) is 13.9. The van der Waals surface area contributed by atoms with Crippen LogP contribution in [0.15, 0.2) is 30.3 Å². The van der Waals surface area contributed by atoms with Gasteiger partial charge in [0.05, 0.1) is 23.6 Å². The van der Waals surface area contributed by atoms with Gasteiger partial charge < -0.3 is 5.32 Å². The van der Waals surface area contributed by atoms with Crippen molar-refractivity contribution in [1.29, 1.82) is 0 Å². The van der Waals surface area contributed by atoms with Gasteiger partial charge in [0, 0.05) is 22.0 Å². The van der Waals surface area contributed by atoms with E-state index in [4.69, 9.17) is 11.6 Å². The maximum atomic E-state index is 12.6. The lowest BCUT2D eigenvalue weighted by Crippen LogP contribution is -2.44. The minimum atomic E-state index is -0.684. The molecule has 5 nitrogen and oxygen atoms in total. The van der Waals surface area contributed by atoms with Crippen LogP contribution in [0.4, 0.5) is 0 Å². The van der Waals surface area contributed by atoms with Crippen molar-refractivity contribution >= 4 is 40.6 Å². The van der Waals surface area contributed by atoms with Gasteiger partial charge in [0.25, 0.3) is 0 Å². The number of ketones is 1. The van der Waals surface area contributed by atoms with Crippen LogP contribution in [0.3, 0.4) is 0 Å². The van der Waals surface area contributed by atoms with Crippen molar-refractivity contribution in [3.8, 4) is 10.6 Å². The number of aryl methyl sites for hydroxylation is 1. The molecule has 7 heteroatoms. The summed E-state index contributed by atoms with van der Waals surface area (Å²) in [5.74, 6) is 1.19. The second-order valence-corrected chi connectivity index (χ2v) is 9.09. The zero-order valence-corrected chi connectivity index (χ0v) is 17.9. The fourth-order valence-electron chi connectivity index (χ4n) is 3.74. The van der Waals surface area contributed by atoms with Crippen LogP contribution in [-0.2, 0) is 20.8 Å². The Kier molecular flexibility index (Phi) is 7.01. The standard InChI is InChI=1S/C22H23ClN2O3S/c1-15-18(25-21(29-15)16-5-7-17(23)8-6-16)13-20(28)24-14-22(19(27)9-12-26)10-3-2-4-11-22/h5-9H,2-4,10-11,13-14H2,1H3,(H,24,28). The highest BCUT2D eigenvalue weighted by atomic mass is 35.5. The van der Waals surface area contributed by atoms with E-state index in [1.807, 2.05) is 31.2 Å². The lowest BCUT2D eigenvalue weighted by atomic mass is 9.71. The molecule has 1 N–H and O–H groups in total. The monoisotopic (exact) mass is 430 g/mol. The number of halogens is 1. The molecule has 1 amide bonds. The molecule has 152 valence electrons. The Labute approximate surface area is 179 Å². The number of amides is 1. The fourth-order valence-corrected chi connectivity index (χ4v) is 4.80. The SMILES string of the molecule is Cc1sc(-c2ccc(Cl)cc2)nc1CC(=O)NCC1(C(=O)C=C=O)CCCCC1. The van der Waals surface area contributed by atoms with Crippen molar-refractivity contribution < 1.29 is 14.4 Å². The second kappa shape index (κ2) is 9.49. The average Bonchev–Trinajstić information content (AvgIpc) is 3.08. The Morgan fingerprint density at radius 3 is 2.59 bits per heavy atom. The summed E-state index contributed by atoms with van der Waals surface area (Å²) >= 11 is 7.47. The summed E-state index contributed by atoms with van der Waals surface area (Å²) in [6.45, 7) is 2.19. The van der Waals surface area contributed by atoms with E-state index in [0.717, 1.165) is 46.5 Å². The fraction of sp³-hybridized carbons (Fsp3) is 0.409. The third-order valence-electron chi connectivity index (χ3n) is 5.46. The van der Waals surface area contributed by atoms with Crippen molar-refractivity contribution in [2.24, 2.45) is 5.41 Å². The molecule has 0 saturated heterocycles. The van der Waals surface area contributed by atoms with E-state index in [1.54, 1.807) is 5.94 Å². The highest BCUT2D eigenvalue weighted by Crippen LogP contribution is 2.37. The number of hydrogen-bond acceptors (Lipinski definition) is 5. The minimum absolute atomic E-state index is 0.156. The average molecular weight is 431 g/mol. The quantitative estimate of drug-likeness (QED) is 0.523. The molecule has 1 aliphatic rings. The highest BCUT2D eigenvalue weighted by Gasteiger charge is 2.38. The predicted molar refractivity (Wildman–Crippen MR) is 115 cm³/mol. The Hall–Kier alpha value is -2.27. The Morgan fingerprint density at radius 2 is 1.93 bits per heavy atom. The van der Waals surface area contributed by atoms with E-state index in [9.17, 15) is 14.4 Å². The van der Waals surface area contributed by atoms with Crippen LogP contribution in [0, 0.1) is 12.3 Å². The molecule has 1 aromatic heterocycles. The normalized spacial score (nSPS) is 15.4. The third-order valence-corrected chi connectivity index (χ3v) is 6.77. The molecular formula is C22H23ClN2O3S. The van der Waals surface area contributed by atoms with Gasteiger partial charge in [-0.3, -0.25) is 9.59 Å². The summed E-state index contributed by atoms with van der Waals surface area (Å²) < 4.78 is 0. The van der Waals surface area contributed by atoms with E-state index < -0.39 is 5.41 Å². The first-order valence-electron chi connectivity index (χ1n) is 9.68. The van der Waals surface area contributed by atoms with Crippen LogP contribution in [0.1, 0.15) is 42.7 Å². The first-order valence-corrected chi connectivity index (χ1v) is 10.9. The lowest BCUT2D eigenvalue weighted by molar-refractivity contribution is -0.127. The van der Waals surface area contributed by atoms with Gasteiger partial charge in [-0.15, -0.1) is 11.3 Å². The molecule has 2 aromatic rings. The molecule has 1 aromatic carbocycles. The number of thiazole rings is 1.